The number of rotatable bonds is 5. The Kier molecular flexibility index (Phi) is 10.5. The van der Waals surface area contributed by atoms with Crippen molar-refractivity contribution in [2.45, 2.75) is 25.3 Å². The molecule has 2 aliphatic heterocycles. The van der Waals surface area contributed by atoms with Gasteiger partial charge in [-0.3, -0.25) is 9.69 Å². The molecule has 1 aromatic carbocycles. The molecule has 1 amide bonds. The number of hydrogen-bond donors (Lipinski definition) is 1. The second kappa shape index (κ2) is 11.8. The number of nitrogens with two attached hydrogens (primary N) is 1. The van der Waals surface area contributed by atoms with Gasteiger partial charge in [-0.1, -0.05) is 30.3 Å². The first-order valence-electron chi connectivity index (χ1n) is 9.12. The van der Waals surface area contributed by atoms with Gasteiger partial charge in [-0.25, -0.2) is 0 Å². The first-order chi connectivity index (χ1) is 11.7. The van der Waals surface area contributed by atoms with Crippen LogP contribution >= 0.6 is 24.8 Å². The summed E-state index contributed by atoms with van der Waals surface area (Å²) >= 11 is 0. The normalized spacial score (nSPS) is 20.0. The number of benzene rings is 1. The van der Waals surface area contributed by atoms with Crippen molar-refractivity contribution in [1.29, 1.82) is 0 Å². The highest BCUT2D eigenvalue weighted by Crippen LogP contribution is 2.19. The molecule has 5 nitrogen and oxygen atoms in total. The SMILES string of the molecule is Cl.Cl.NC(C(=O)N1CCN(CCc2ccccc2)CC1)C1CCOCC1. The van der Waals surface area contributed by atoms with E-state index < -0.39 is 0 Å². The summed E-state index contributed by atoms with van der Waals surface area (Å²) in [7, 11) is 0. The molecule has 0 bridgehead atoms. The Balaban J connectivity index is 0.00000169. The molecule has 2 saturated heterocycles. The van der Waals surface area contributed by atoms with Crippen LogP contribution in [0.2, 0.25) is 0 Å². The summed E-state index contributed by atoms with van der Waals surface area (Å²) in [4.78, 5) is 17.0. The number of hydrogen-bond acceptors (Lipinski definition) is 4. The van der Waals surface area contributed by atoms with Gasteiger partial charge in [0.15, 0.2) is 0 Å². The highest BCUT2D eigenvalue weighted by atomic mass is 35.5. The minimum atomic E-state index is -0.357. The highest BCUT2D eigenvalue weighted by molar-refractivity contribution is 5.85. The first-order valence-corrected chi connectivity index (χ1v) is 9.12. The summed E-state index contributed by atoms with van der Waals surface area (Å²) in [5.74, 6) is 0.409. The van der Waals surface area contributed by atoms with E-state index >= 15 is 0 Å². The Morgan fingerprint density at radius 1 is 1.08 bits per heavy atom. The predicted molar refractivity (Wildman–Crippen MR) is 109 cm³/mol. The van der Waals surface area contributed by atoms with Crippen molar-refractivity contribution in [2.24, 2.45) is 11.7 Å². The number of ether oxygens (including phenoxy) is 1. The monoisotopic (exact) mass is 403 g/mol. The van der Waals surface area contributed by atoms with E-state index in [0.29, 0.717) is 0 Å². The molecule has 2 fully saturated rings. The second-order valence-corrected chi connectivity index (χ2v) is 6.88. The lowest BCUT2D eigenvalue weighted by molar-refractivity contribution is -0.136. The fourth-order valence-electron chi connectivity index (χ4n) is 3.61. The molecule has 3 rings (SSSR count). The third-order valence-electron chi connectivity index (χ3n) is 5.30. The first kappa shape index (κ1) is 23.2. The molecule has 0 aromatic heterocycles. The van der Waals surface area contributed by atoms with Gasteiger partial charge in [0.2, 0.25) is 5.91 Å². The van der Waals surface area contributed by atoms with E-state index in [9.17, 15) is 4.79 Å². The molecule has 1 aromatic rings. The van der Waals surface area contributed by atoms with Gasteiger partial charge in [-0.2, -0.15) is 0 Å². The molecule has 0 aliphatic carbocycles. The summed E-state index contributed by atoms with van der Waals surface area (Å²) < 4.78 is 5.37. The highest BCUT2D eigenvalue weighted by Gasteiger charge is 2.31. The van der Waals surface area contributed by atoms with Crippen LogP contribution in [0.5, 0.6) is 0 Å². The topological polar surface area (TPSA) is 58.8 Å². The summed E-state index contributed by atoms with van der Waals surface area (Å²) in [6, 6.07) is 10.2. The van der Waals surface area contributed by atoms with Crippen molar-refractivity contribution in [2.75, 3.05) is 45.9 Å². The minimum absolute atomic E-state index is 0. The quantitative estimate of drug-likeness (QED) is 0.816. The number of amides is 1. The Hall–Kier alpha value is -0.850. The number of nitrogens with zero attached hydrogens (tertiary/aromatic N) is 2. The third kappa shape index (κ3) is 6.39. The third-order valence-corrected chi connectivity index (χ3v) is 5.30. The lowest BCUT2D eigenvalue weighted by Gasteiger charge is -2.37. The largest absolute Gasteiger partial charge is 0.381 e. The van der Waals surface area contributed by atoms with Crippen LogP contribution in [-0.4, -0.2) is 67.7 Å². The Bertz CT molecular complexity index is 519. The van der Waals surface area contributed by atoms with E-state index in [0.717, 1.165) is 65.2 Å². The molecule has 148 valence electrons. The smallest absolute Gasteiger partial charge is 0.239 e. The summed E-state index contributed by atoms with van der Waals surface area (Å²) in [6.07, 6.45) is 2.88. The van der Waals surface area contributed by atoms with Gasteiger partial charge in [0.1, 0.15) is 0 Å². The van der Waals surface area contributed by atoms with E-state index in [2.05, 4.69) is 35.2 Å². The molecule has 1 atom stereocenters. The maximum Gasteiger partial charge on any atom is 0.239 e. The zero-order valence-corrected chi connectivity index (χ0v) is 16.9. The number of carbonyl (C=O) groups is 1. The molecule has 0 saturated carbocycles. The van der Waals surface area contributed by atoms with Crippen LogP contribution in [0.15, 0.2) is 30.3 Å². The van der Waals surface area contributed by atoms with Crippen LogP contribution in [0.1, 0.15) is 18.4 Å². The van der Waals surface area contributed by atoms with Crippen molar-refractivity contribution in [1.82, 2.24) is 9.80 Å². The van der Waals surface area contributed by atoms with E-state index in [-0.39, 0.29) is 42.7 Å². The van der Waals surface area contributed by atoms with Crippen LogP contribution in [0, 0.1) is 5.92 Å². The minimum Gasteiger partial charge on any atom is -0.381 e. The molecule has 2 heterocycles. The fourth-order valence-corrected chi connectivity index (χ4v) is 3.61. The molecule has 2 aliphatic rings. The average molecular weight is 404 g/mol. The van der Waals surface area contributed by atoms with Crippen molar-refractivity contribution in [3.63, 3.8) is 0 Å². The Morgan fingerprint density at radius 3 is 2.31 bits per heavy atom. The number of carbonyl (C=O) groups excluding carboxylic acids is 1. The standard InChI is InChI=1S/C19H29N3O2.2ClH/c20-18(17-7-14-24-15-8-17)19(23)22-12-10-21(11-13-22)9-6-16-4-2-1-3-5-16;;/h1-5,17-18H,6-15,20H2;2*1H. The molecule has 1 unspecified atom stereocenters. The summed E-state index contributed by atoms with van der Waals surface area (Å²) in [5, 5.41) is 0. The fraction of sp³-hybridized carbons (Fsp3) is 0.632. The van der Waals surface area contributed by atoms with Crippen LogP contribution in [0.3, 0.4) is 0 Å². The van der Waals surface area contributed by atoms with Gasteiger partial charge in [0.05, 0.1) is 6.04 Å². The van der Waals surface area contributed by atoms with Gasteiger partial charge in [-0.05, 0) is 30.7 Å². The van der Waals surface area contributed by atoms with Crippen LogP contribution in [-0.2, 0) is 16.0 Å². The molecule has 2 N–H and O–H groups in total. The average Bonchev–Trinajstić information content (AvgIpc) is 2.67. The van der Waals surface area contributed by atoms with Gasteiger partial charge in [-0.15, -0.1) is 24.8 Å². The molecule has 0 spiro atoms. The molecule has 26 heavy (non-hydrogen) atoms. The maximum atomic E-state index is 12.6. The lowest BCUT2D eigenvalue weighted by Crippen LogP contribution is -2.55. The van der Waals surface area contributed by atoms with Gasteiger partial charge in [0.25, 0.3) is 0 Å². The number of halogens is 2. The van der Waals surface area contributed by atoms with Crippen molar-refractivity contribution in [3.05, 3.63) is 35.9 Å². The van der Waals surface area contributed by atoms with Crippen LogP contribution in [0.25, 0.3) is 0 Å². The van der Waals surface area contributed by atoms with E-state index in [1.807, 2.05) is 4.90 Å². The predicted octanol–water partition coefficient (Wildman–Crippen LogP) is 1.97. The zero-order chi connectivity index (χ0) is 16.8. The summed E-state index contributed by atoms with van der Waals surface area (Å²) in [5.41, 5.74) is 7.60. The lowest BCUT2D eigenvalue weighted by atomic mass is 9.91. The van der Waals surface area contributed by atoms with Crippen LogP contribution in [0.4, 0.5) is 0 Å². The molecule has 0 radical (unpaired) electrons. The van der Waals surface area contributed by atoms with Crippen LogP contribution < -0.4 is 5.73 Å². The zero-order valence-electron chi connectivity index (χ0n) is 15.2. The molecule has 7 heteroatoms. The van der Waals surface area contributed by atoms with Gasteiger partial charge < -0.3 is 15.4 Å². The van der Waals surface area contributed by atoms with E-state index in [1.54, 1.807) is 0 Å². The van der Waals surface area contributed by atoms with Gasteiger partial charge >= 0.3 is 0 Å². The molecular weight excluding hydrogens is 373 g/mol. The number of piperazine rings is 1. The van der Waals surface area contributed by atoms with E-state index in [1.165, 1.54) is 5.56 Å². The second-order valence-electron chi connectivity index (χ2n) is 6.88. The van der Waals surface area contributed by atoms with Crippen molar-refractivity contribution in [3.8, 4) is 0 Å². The summed E-state index contributed by atoms with van der Waals surface area (Å²) in [6.45, 7) is 6.00. The van der Waals surface area contributed by atoms with Gasteiger partial charge in [0, 0.05) is 45.9 Å². The van der Waals surface area contributed by atoms with Crippen molar-refractivity contribution < 1.29 is 9.53 Å². The van der Waals surface area contributed by atoms with Crippen molar-refractivity contribution >= 4 is 30.7 Å². The maximum absolute atomic E-state index is 12.6. The molecular formula is C19H31Cl2N3O2. The Labute approximate surface area is 169 Å². The van der Waals surface area contributed by atoms with E-state index in [4.69, 9.17) is 10.5 Å². The Morgan fingerprint density at radius 2 is 1.69 bits per heavy atom.